The highest BCUT2D eigenvalue weighted by Gasteiger charge is 2.50. The fraction of sp³-hybridized carbons (Fsp3) is 0.189. The highest BCUT2D eigenvalue weighted by molar-refractivity contribution is 6.53. The van der Waals surface area contributed by atoms with E-state index < -0.39 is 14.2 Å². The molecule has 2 fully saturated rings. The maximum absolute atomic E-state index is 6.86. The number of hydrogen-bond donors (Lipinski definition) is 0. The zero-order valence-corrected chi connectivity index (χ0v) is 24.6. The van der Waals surface area contributed by atoms with Gasteiger partial charge in [0.1, 0.15) is 5.75 Å². The highest BCUT2D eigenvalue weighted by atomic mass is 16.7. The number of benzene rings is 5. The number of hydrogen-bond acceptors (Lipinski definition) is 5. The molecule has 0 unspecified atom stereocenters. The molecule has 2 aliphatic heterocycles. The molecular weight excluding hydrogens is 546 g/mol. The first-order valence-electron chi connectivity index (χ1n) is 15.2. The molecule has 2 saturated heterocycles. The third kappa shape index (κ3) is 6.10. The summed E-state index contributed by atoms with van der Waals surface area (Å²) in [6, 6.07) is 49.4. The second-order valence-corrected chi connectivity index (χ2v) is 11.3. The van der Waals surface area contributed by atoms with Crippen LogP contribution in [0.15, 0.2) is 146 Å². The molecule has 7 heteroatoms. The predicted octanol–water partition coefficient (Wildman–Crippen LogP) is 8.35. The van der Waals surface area contributed by atoms with Crippen molar-refractivity contribution in [2.75, 3.05) is 7.11 Å². The number of rotatable bonds is 9. The molecule has 0 aliphatic carbocycles. The van der Waals surface area contributed by atoms with Crippen LogP contribution in [-0.4, -0.2) is 21.3 Å². The average Bonchev–Trinajstić information content (AvgIpc) is 3.74. The van der Waals surface area contributed by atoms with Crippen molar-refractivity contribution in [2.24, 2.45) is 0 Å². The molecule has 0 amide bonds. The molecule has 0 spiro atoms. The standard InChI is InChI=1S/C37H34B2O5/c1-40-32-24-22-27(23-25-32)33(39-43-36(30-18-10-4-11-19-30)37(44-39)31-20-12-5-13-21-31)26-38-41-34(28-14-6-2-7-15-28)35(42-38)29-16-8-3-9-17-29/h2-25,33-37H,26H2,1H3/t33-,34-,35-,36-,37-/m1/s1. The van der Waals surface area contributed by atoms with E-state index in [0.717, 1.165) is 33.6 Å². The Balaban J connectivity index is 1.22. The lowest BCUT2D eigenvalue weighted by molar-refractivity contribution is 0.159. The minimum atomic E-state index is -0.531. The van der Waals surface area contributed by atoms with Crippen molar-refractivity contribution >= 4 is 14.2 Å². The monoisotopic (exact) mass is 580 g/mol. The van der Waals surface area contributed by atoms with E-state index in [2.05, 4.69) is 60.7 Å². The maximum Gasteiger partial charge on any atom is 0.465 e. The van der Waals surface area contributed by atoms with E-state index in [0.29, 0.717) is 6.32 Å². The molecule has 2 heterocycles. The van der Waals surface area contributed by atoms with E-state index in [1.54, 1.807) is 7.11 Å². The Hall–Kier alpha value is -4.13. The molecule has 218 valence electrons. The van der Waals surface area contributed by atoms with Gasteiger partial charge in [0.05, 0.1) is 31.5 Å². The van der Waals surface area contributed by atoms with Crippen LogP contribution in [0.3, 0.4) is 0 Å². The van der Waals surface area contributed by atoms with Gasteiger partial charge in [0.15, 0.2) is 0 Å². The molecule has 5 aromatic carbocycles. The van der Waals surface area contributed by atoms with Crippen molar-refractivity contribution in [3.63, 3.8) is 0 Å². The Kier molecular flexibility index (Phi) is 8.62. The van der Waals surface area contributed by atoms with E-state index in [9.17, 15) is 0 Å². The van der Waals surface area contributed by atoms with E-state index in [1.807, 2.05) is 84.9 Å². The quantitative estimate of drug-likeness (QED) is 0.164. The average molecular weight is 580 g/mol. The minimum Gasteiger partial charge on any atom is -0.497 e. The van der Waals surface area contributed by atoms with Gasteiger partial charge >= 0.3 is 14.2 Å². The van der Waals surface area contributed by atoms with Gasteiger partial charge in [0.2, 0.25) is 0 Å². The van der Waals surface area contributed by atoms with Crippen LogP contribution in [0.25, 0.3) is 0 Å². The fourth-order valence-corrected chi connectivity index (χ4v) is 6.31. The molecule has 5 nitrogen and oxygen atoms in total. The van der Waals surface area contributed by atoms with Crippen molar-refractivity contribution in [3.05, 3.63) is 173 Å². The summed E-state index contributed by atoms with van der Waals surface area (Å²) in [5, 5.41) is 0. The van der Waals surface area contributed by atoms with Gasteiger partial charge in [-0.15, -0.1) is 0 Å². The Bertz CT molecular complexity index is 1510. The largest absolute Gasteiger partial charge is 0.497 e. The van der Waals surface area contributed by atoms with Crippen molar-refractivity contribution < 1.29 is 23.4 Å². The van der Waals surface area contributed by atoms with Crippen LogP contribution >= 0.6 is 0 Å². The third-order valence-corrected chi connectivity index (χ3v) is 8.54. The van der Waals surface area contributed by atoms with Crippen molar-refractivity contribution in [1.82, 2.24) is 0 Å². The summed E-state index contributed by atoms with van der Waals surface area (Å²) in [7, 11) is 0.672. The fourth-order valence-electron chi connectivity index (χ4n) is 6.31. The van der Waals surface area contributed by atoms with Crippen LogP contribution in [0.5, 0.6) is 5.75 Å². The molecule has 5 aromatic rings. The SMILES string of the molecule is COc1ccc([C@@H](CB2O[C@H](c3ccccc3)[C@@H](c3ccccc3)O2)B2O[C@H](c3ccccc3)[C@@H](c3ccccc3)O2)cc1. The first-order valence-corrected chi connectivity index (χ1v) is 15.2. The van der Waals surface area contributed by atoms with Gasteiger partial charge < -0.3 is 23.4 Å². The van der Waals surface area contributed by atoms with Crippen LogP contribution in [0, 0.1) is 0 Å². The maximum atomic E-state index is 6.86. The number of methoxy groups -OCH3 is 1. The minimum absolute atomic E-state index is 0.170. The van der Waals surface area contributed by atoms with Gasteiger partial charge in [0, 0.05) is 5.82 Å². The Morgan fingerprint density at radius 3 is 1.23 bits per heavy atom. The van der Waals surface area contributed by atoms with E-state index in [-0.39, 0.29) is 30.2 Å². The highest BCUT2D eigenvalue weighted by Crippen LogP contribution is 2.48. The first-order chi connectivity index (χ1) is 21.8. The summed E-state index contributed by atoms with van der Waals surface area (Å²) in [6.45, 7) is 0. The Morgan fingerprint density at radius 2 is 0.864 bits per heavy atom. The van der Waals surface area contributed by atoms with Gasteiger partial charge in [-0.3, -0.25) is 0 Å². The van der Waals surface area contributed by atoms with Crippen LogP contribution < -0.4 is 4.74 Å². The molecule has 5 atom stereocenters. The van der Waals surface area contributed by atoms with Gasteiger partial charge in [-0.2, -0.15) is 0 Å². The van der Waals surface area contributed by atoms with E-state index in [4.69, 9.17) is 23.4 Å². The lowest BCUT2D eigenvalue weighted by Gasteiger charge is -2.21. The zero-order valence-electron chi connectivity index (χ0n) is 24.6. The molecule has 0 radical (unpaired) electrons. The third-order valence-electron chi connectivity index (χ3n) is 8.54. The molecule has 0 saturated carbocycles. The van der Waals surface area contributed by atoms with Crippen molar-refractivity contribution in [2.45, 2.75) is 36.6 Å². The molecule has 0 N–H and O–H groups in total. The van der Waals surface area contributed by atoms with Crippen LogP contribution in [0.1, 0.15) is 58.1 Å². The molecule has 0 aromatic heterocycles. The Morgan fingerprint density at radius 1 is 0.500 bits per heavy atom. The van der Waals surface area contributed by atoms with Gasteiger partial charge in [-0.25, -0.2) is 0 Å². The van der Waals surface area contributed by atoms with Crippen LogP contribution in [0.4, 0.5) is 0 Å². The molecule has 44 heavy (non-hydrogen) atoms. The van der Waals surface area contributed by atoms with Gasteiger partial charge in [-0.05, 0) is 46.3 Å². The summed E-state index contributed by atoms with van der Waals surface area (Å²) in [5.74, 6) is 0.628. The van der Waals surface area contributed by atoms with E-state index >= 15 is 0 Å². The topological polar surface area (TPSA) is 46.2 Å². The van der Waals surface area contributed by atoms with E-state index in [1.165, 1.54) is 0 Å². The second-order valence-electron chi connectivity index (χ2n) is 11.3. The molecule has 2 aliphatic rings. The molecule has 0 bridgehead atoms. The first kappa shape index (κ1) is 28.6. The van der Waals surface area contributed by atoms with Gasteiger partial charge in [0.25, 0.3) is 0 Å². The van der Waals surface area contributed by atoms with Crippen molar-refractivity contribution in [3.8, 4) is 5.75 Å². The van der Waals surface area contributed by atoms with Crippen LogP contribution in [0.2, 0.25) is 6.32 Å². The summed E-state index contributed by atoms with van der Waals surface area (Å²) in [6.07, 6.45) is -0.445. The zero-order chi connectivity index (χ0) is 29.7. The lowest BCUT2D eigenvalue weighted by Crippen LogP contribution is -2.31. The smallest absolute Gasteiger partial charge is 0.465 e. The number of ether oxygens (including phenoxy) is 1. The summed E-state index contributed by atoms with van der Waals surface area (Å²) in [4.78, 5) is 0. The summed E-state index contributed by atoms with van der Waals surface area (Å²) in [5.41, 5.74) is 5.42. The van der Waals surface area contributed by atoms with Crippen molar-refractivity contribution in [1.29, 1.82) is 0 Å². The van der Waals surface area contributed by atoms with Gasteiger partial charge in [-0.1, -0.05) is 133 Å². The second kappa shape index (κ2) is 13.2. The Labute approximate surface area is 260 Å². The summed E-state index contributed by atoms with van der Waals surface area (Å²) < 4.78 is 32.7. The summed E-state index contributed by atoms with van der Waals surface area (Å²) >= 11 is 0. The predicted molar refractivity (Wildman–Crippen MR) is 173 cm³/mol. The normalized spacial score (nSPS) is 22.2. The molecule has 7 rings (SSSR count). The lowest BCUT2D eigenvalue weighted by atomic mass is 9.58. The molecular formula is C37H34B2O5. The van der Waals surface area contributed by atoms with Crippen LogP contribution in [-0.2, 0) is 18.6 Å².